The summed E-state index contributed by atoms with van der Waals surface area (Å²) >= 11 is 11.5. The van der Waals surface area contributed by atoms with Crippen molar-refractivity contribution in [3.05, 3.63) is 58.1 Å². The van der Waals surface area contributed by atoms with Crippen LogP contribution < -0.4 is 15.0 Å². The van der Waals surface area contributed by atoms with Gasteiger partial charge in [-0.1, -0.05) is 23.2 Å². The van der Waals surface area contributed by atoms with Crippen LogP contribution in [-0.2, 0) is 14.8 Å². The number of ether oxygens (including phenoxy) is 1. The maximum atomic E-state index is 12.1. The predicted octanol–water partition coefficient (Wildman–Crippen LogP) is 2.25. The zero-order valence-electron chi connectivity index (χ0n) is 12.5. The van der Waals surface area contributed by atoms with Crippen LogP contribution in [0.3, 0.4) is 0 Å². The van der Waals surface area contributed by atoms with Gasteiger partial charge in [0.1, 0.15) is 5.75 Å². The molecule has 2 aromatic rings. The van der Waals surface area contributed by atoms with E-state index < -0.39 is 22.5 Å². The lowest BCUT2D eigenvalue weighted by Crippen LogP contribution is -2.43. The van der Waals surface area contributed by atoms with E-state index in [0.717, 1.165) is 0 Å². The van der Waals surface area contributed by atoms with Crippen LogP contribution in [0, 0.1) is 11.3 Å². The fraction of sp³-hybridized carbons (Fsp3) is 0.0667. The molecule has 0 radical (unpaired) electrons. The molecule has 2 aromatic carbocycles. The maximum absolute atomic E-state index is 12.1. The van der Waals surface area contributed by atoms with E-state index in [1.54, 1.807) is 0 Å². The average molecular weight is 400 g/mol. The molecule has 2 N–H and O–H groups in total. The summed E-state index contributed by atoms with van der Waals surface area (Å²) in [6, 6.07) is 11.8. The van der Waals surface area contributed by atoms with Gasteiger partial charge in [0.15, 0.2) is 6.61 Å². The summed E-state index contributed by atoms with van der Waals surface area (Å²) in [5, 5.41) is 8.97. The van der Waals surface area contributed by atoms with E-state index in [0.29, 0.717) is 11.3 Å². The molecule has 0 aliphatic carbocycles. The van der Waals surface area contributed by atoms with E-state index in [2.05, 4.69) is 0 Å². The molecule has 0 unspecified atom stereocenters. The molecule has 0 aromatic heterocycles. The summed E-state index contributed by atoms with van der Waals surface area (Å²) in [4.78, 5) is 13.4. The topological polar surface area (TPSA) is 108 Å². The second kappa shape index (κ2) is 8.18. The number of rotatable bonds is 6. The Labute approximate surface area is 154 Å². The van der Waals surface area contributed by atoms with Crippen LogP contribution in [0.2, 0.25) is 10.0 Å². The number of nitrogens with zero attached hydrogens (tertiary/aromatic N) is 1. The SMILES string of the molecule is N#Cc1ccc(OCC(=O)NNS(=O)(=O)c2cc(Cl)cc(Cl)c2)cc1. The summed E-state index contributed by atoms with van der Waals surface area (Å²) in [6.07, 6.45) is 0. The molecule has 0 heterocycles. The lowest BCUT2D eigenvalue weighted by Gasteiger charge is -2.10. The summed E-state index contributed by atoms with van der Waals surface area (Å²) in [6.45, 7) is -0.426. The smallest absolute Gasteiger partial charge is 0.272 e. The number of sulfonamides is 1. The molecule has 0 saturated heterocycles. The first-order valence-electron chi connectivity index (χ1n) is 6.70. The van der Waals surface area contributed by atoms with Gasteiger partial charge in [0.05, 0.1) is 16.5 Å². The Hall–Kier alpha value is -2.31. The van der Waals surface area contributed by atoms with Crippen molar-refractivity contribution < 1.29 is 17.9 Å². The zero-order chi connectivity index (χ0) is 18.4. The number of hydrogen-bond donors (Lipinski definition) is 2. The molecular formula is C15H11Cl2N3O4S. The minimum absolute atomic E-state index is 0.142. The molecule has 25 heavy (non-hydrogen) atoms. The number of benzene rings is 2. The average Bonchev–Trinajstić information content (AvgIpc) is 2.58. The fourth-order valence-corrected chi connectivity index (χ4v) is 3.26. The van der Waals surface area contributed by atoms with E-state index in [4.69, 9.17) is 33.2 Å². The number of hydrazine groups is 1. The van der Waals surface area contributed by atoms with Crippen molar-refractivity contribution in [3.8, 4) is 11.8 Å². The lowest BCUT2D eigenvalue weighted by atomic mass is 10.2. The van der Waals surface area contributed by atoms with Crippen molar-refractivity contribution >= 4 is 39.1 Å². The Kier molecular flexibility index (Phi) is 6.22. The Morgan fingerprint density at radius 1 is 1.12 bits per heavy atom. The summed E-state index contributed by atoms with van der Waals surface area (Å²) in [5.74, 6) is -0.361. The molecule has 0 fully saturated rings. The van der Waals surface area contributed by atoms with Crippen LogP contribution in [0.5, 0.6) is 5.75 Å². The van der Waals surface area contributed by atoms with Crippen LogP contribution >= 0.6 is 23.2 Å². The van der Waals surface area contributed by atoms with Gasteiger partial charge in [0.2, 0.25) is 0 Å². The Bertz CT molecular complexity index is 905. The highest BCUT2D eigenvalue weighted by Crippen LogP contribution is 2.21. The van der Waals surface area contributed by atoms with E-state index in [9.17, 15) is 13.2 Å². The number of nitriles is 1. The summed E-state index contributed by atoms with van der Waals surface area (Å²) in [5.41, 5.74) is 2.46. The number of halogens is 2. The summed E-state index contributed by atoms with van der Waals surface area (Å²) < 4.78 is 29.3. The number of amides is 1. The fourth-order valence-electron chi connectivity index (χ4n) is 1.68. The van der Waals surface area contributed by atoms with Crippen LogP contribution in [0.25, 0.3) is 0 Å². The van der Waals surface area contributed by atoms with E-state index in [-0.39, 0.29) is 14.9 Å². The largest absolute Gasteiger partial charge is 0.484 e. The third-order valence-electron chi connectivity index (χ3n) is 2.82. The normalized spacial score (nSPS) is 10.8. The van der Waals surface area contributed by atoms with E-state index >= 15 is 0 Å². The monoisotopic (exact) mass is 399 g/mol. The molecule has 0 aliphatic heterocycles. The van der Waals surface area contributed by atoms with Crippen LogP contribution in [0.1, 0.15) is 5.56 Å². The first-order chi connectivity index (χ1) is 11.8. The first-order valence-corrected chi connectivity index (χ1v) is 8.94. The Morgan fingerprint density at radius 3 is 2.28 bits per heavy atom. The van der Waals surface area contributed by atoms with E-state index in [1.165, 1.54) is 42.5 Å². The highest BCUT2D eigenvalue weighted by molar-refractivity contribution is 7.89. The van der Waals surface area contributed by atoms with Gasteiger partial charge < -0.3 is 4.74 Å². The van der Waals surface area contributed by atoms with Gasteiger partial charge in [0.25, 0.3) is 15.9 Å². The Balaban J connectivity index is 1.91. The van der Waals surface area contributed by atoms with Gasteiger partial charge in [-0.2, -0.15) is 5.26 Å². The molecule has 0 bridgehead atoms. The number of hydrogen-bond acceptors (Lipinski definition) is 5. The highest BCUT2D eigenvalue weighted by Gasteiger charge is 2.16. The number of carbonyl (C=O) groups excluding carboxylic acids is 1. The van der Waals surface area contributed by atoms with Crippen LogP contribution in [-0.4, -0.2) is 20.9 Å². The molecular weight excluding hydrogens is 389 g/mol. The standard InChI is InChI=1S/C15H11Cl2N3O4S/c16-11-5-12(17)7-14(6-11)25(22,23)20-19-15(21)9-24-13-3-1-10(8-18)2-4-13/h1-7,20H,9H2,(H,19,21). The van der Waals surface area contributed by atoms with E-state index in [1.807, 2.05) is 16.3 Å². The molecule has 2 rings (SSSR count). The minimum Gasteiger partial charge on any atom is -0.484 e. The van der Waals surface area contributed by atoms with Crippen molar-refractivity contribution in [2.24, 2.45) is 0 Å². The molecule has 10 heteroatoms. The third kappa shape index (κ3) is 5.62. The van der Waals surface area contributed by atoms with Crippen molar-refractivity contribution in [2.75, 3.05) is 6.61 Å². The van der Waals surface area contributed by atoms with Crippen molar-refractivity contribution in [1.82, 2.24) is 10.3 Å². The summed E-state index contributed by atoms with van der Waals surface area (Å²) in [7, 11) is -4.03. The number of nitrogens with one attached hydrogen (secondary N) is 2. The zero-order valence-corrected chi connectivity index (χ0v) is 14.8. The van der Waals surface area contributed by atoms with Gasteiger partial charge in [-0.05, 0) is 42.5 Å². The molecule has 7 nitrogen and oxygen atoms in total. The Morgan fingerprint density at radius 2 is 1.72 bits per heavy atom. The van der Waals surface area contributed by atoms with Crippen molar-refractivity contribution in [1.29, 1.82) is 5.26 Å². The van der Waals surface area contributed by atoms with Crippen molar-refractivity contribution in [3.63, 3.8) is 0 Å². The van der Waals surface area contributed by atoms with Gasteiger partial charge >= 0.3 is 0 Å². The highest BCUT2D eigenvalue weighted by atomic mass is 35.5. The van der Waals surface area contributed by atoms with Crippen LogP contribution in [0.4, 0.5) is 0 Å². The van der Waals surface area contributed by atoms with Gasteiger partial charge in [-0.15, -0.1) is 4.83 Å². The quantitative estimate of drug-likeness (QED) is 0.724. The third-order valence-corrected chi connectivity index (χ3v) is 4.49. The van der Waals surface area contributed by atoms with Gasteiger partial charge in [-0.25, -0.2) is 8.42 Å². The maximum Gasteiger partial charge on any atom is 0.272 e. The van der Waals surface area contributed by atoms with Crippen molar-refractivity contribution in [2.45, 2.75) is 4.90 Å². The molecule has 1 amide bonds. The number of carbonyl (C=O) groups is 1. The molecule has 0 atom stereocenters. The molecule has 0 saturated carbocycles. The lowest BCUT2D eigenvalue weighted by molar-refractivity contribution is -0.123. The molecule has 130 valence electrons. The second-order valence-corrected chi connectivity index (χ2v) is 7.24. The minimum atomic E-state index is -4.03. The first kappa shape index (κ1) is 19.0. The molecule has 0 aliphatic rings. The van der Waals surface area contributed by atoms with Gasteiger partial charge in [0, 0.05) is 10.0 Å². The second-order valence-electron chi connectivity index (χ2n) is 4.68. The molecule has 0 spiro atoms. The van der Waals surface area contributed by atoms with Gasteiger partial charge in [-0.3, -0.25) is 10.2 Å². The van der Waals surface area contributed by atoms with Crippen LogP contribution in [0.15, 0.2) is 47.4 Å². The predicted molar refractivity (Wildman–Crippen MR) is 91.6 cm³/mol.